The van der Waals surface area contributed by atoms with Gasteiger partial charge in [0.2, 0.25) is 0 Å². The lowest BCUT2D eigenvalue weighted by molar-refractivity contribution is -0.137. The summed E-state index contributed by atoms with van der Waals surface area (Å²) in [5, 5.41) is 17.7. The molecule has 0 aliphatic carbocycles. The molecule has 0 fully saturated rings. The summed E-state index contributed by atoms with van der Waals surface area (Å²) in [6, 6.07) is 6.27. The lowest BCUT2D eigenvalue weighted by Crippen LogP contribution is -2.05. The number of nitriles is 2. The number of aromatic nitrogens is 4. The van der Waals surface area contributed by atoms with Gasteiger partial charge in [-0.25, -0.2) is 19.9 Å². The second kappa shape index (κ2) is 4.60. The van der Waals surface area contributed by atoms with Crippen LogP contribution in [0.1, 0.15) is 17.0 Å². The van der Waals surface area contributed by atoms with Crippen molar-refractivity contribution in [2.75, 3.05) is 0 Å². The molecule has 2 aromatic heterocycles. The van der Waals surface area contributed by atoms with Crippen LogP contribution in [0.15, 0.2) is 18.2 Å². The molecule has 0 saturated carbocycles. The maximum atomic E-state index is 12.7. The van der Waals surface area contributed by atoms with Crippen molar-refractivity contribution < 1.29 is 13.2 Å². The fraction of sp³-hybridized carbons (Fsp3) is 0.0769. The number of alkyl halides is 3. The van der Waals surface area contributed by atoms with Crippen molar-refractivity contribution in [2.45, 2.75) is 6.18 Å². The second-order valence-corrected chi connectivity index (χ2v) is 4.22. The van der Waals surface area contributed by atoms with E-state index in [0.29, 0.717) is 0 Å². The van der Waals surface area contributed by atoms with Gasteiger partial charge in [0.25, 0.3) is 0 Å². The zero-order valence-electron chi connectivity index (χ0n) is 10.5. The summed E-state index contributed by atoms with van der Waals surface area (Å²) < 4.78 is 38.1. The van der Waals surface area contributed by atoms with E-state index < -0.39 is 11.7 Å². The Labute approximate surface area is 120 Å². The van der Waals surface area contributed by atoms with E-state index in [9.17, 15) is 13.2 Å². The second-order valence-electron chi connectivity index (χ2n) is 4.22. The molecule has 1 aromatic carbocycles. The quantitative estimate of drug-likeness (QED) is 0.591. The molecule has 0 atom stereocenters. The number of rotatable bonds is 0. The van der Waals surface area contributed by atoms with E-state index in [-0.39, 0.29) is 33.7 Å². The third-order valence-corrected chi connectivity index (χ3v) is 2.83. The summed E-state index contributed by atoms with van der Waals surface area (Å²) >= 11 is 0. The molecular formula is C13H3F3N6. The first-order valence-corrected chi connectivity index (χ1v) is 5.79. The van der Waals surface area contributed by atoms with Crippen molar-refractivity contribution >= 4 is 22.3 Å². The van der Waals surface area contributed by atoms with E-state index in [1.807, 2.05) is 0 Å². The Hall–Kier alpha value is -3.33. The summed E-state index contributed by atoms with van der Waals surface area (Å²) in [6.07, 6.45) is -4.50. The third kappa shape index (κ3) is 2.15. The van der Waals surface area contributed by atoms with Gasteiger partial charge in [-0.05, 0) is 18.2 Å². The standard InChI is InChI=1S/C13H3F3N6/c14-13(15,16)6-1-2-7-8(3-6)20-12-11(19-7)21-9(4-17)10(5-18)22-12/h1-3H. The third-order valence-electron chi connectivity index (χ3n) is 2.83. The first-order valence-electron chi connectivity index (χ1n) is 5.79. The lowest BCUT2D eigenvalue weighted by Gasteiger charge is -2.07. The number of hydrogen-bond acceptors (Lipinski definition) is 6. The highest BCUT2D eigenvalue weighted by Gasteiger charge is 2.30. The molecule has 0 N–H and O–H groups in total. The van der Waals surface area contributed by atoms with Crippen LogP contribution in [0.4, 0.5) is 13.2 Å². The zero-order chi connectivity index (χ0) is 15.9. The van der Waals surface area contributed by atoms with Gasteiger partial charge >= 0.3 is 6.18 Å². The van der Waals surface area contributed by atoms with Crippen LogP contribution >= 0.6 is 0 Å². The molecule has 0 bridgehead atoms. The Morgan fingerprint density at radius 2 is 1.36 bits per heavy atom. The summed E-state index contributed by atoms with van der Waals surface area (Å²) in [5.41, 5.74) is -1.28. The van der Waals surface area contributed by atoms with E-state index >= 15 is 0 Å². The average Bonchev–Trinajstić information content (AvgIpc) is 2.50. The van der Waals surface area contributed by atoms with E-state index in [2.05, 4.69) is 19.9 Å². The van der Waals surface area contributed by atoms with Gasteiger partial charge in [-0.15, -0.1) is 0 Å². The molecule has 0 amide bonds. The highest BCUT2D eigenvalue weighted by molar-refractivity contribution is 5.83. The van der Waals surface area contributed by atoms with Crippen LogP contribution in [-0.4, -0.2) is 19.9 Å². The Bertz CT molecular complexity index is 997. The van der Waals surface area contributed by atoms with Gasteiger partial charge in [-0.2, -0.15) is 23.7 Å². The molecule has 0 aliphatic heterocycles. The molecule has 22 heavy (non-hydrogen) atoms. The predicted octanol–water partition coefficient (Wildman–Crippen LogP) is 2.34. The summed E-state index contributed by atoms with van der Waals surface area (Å²) in [7, 11) is 0. The van der Waals surface area contributed by atoms with Gasteiger partial charge in [0.1, 0.15) is 12.1 Å². The van der Waals surface area contributed by atoms with E-state index in [4.69, 9.17) is 10.5 Å². The molecule has 3 rings (SSSR count). The van der Waals surface area contributed by atoms with Crippen molar-refractivity contribution in [1.29, 1.82) is 10.5 Å². The van der Waals surface area contributed by atoms with Gasteiger partial charge in [-0.1, -0.05) is 0 Å². The minimum atomic E-state index is -4.50. The minimum absolute atomic E-state index is 0.0113. The smallest absolute Gasteiger partial charge is 0.224 e. The van der Waals surface area contributed by atoms with Gasteiger partial charge in [-0.3, -0.25) is 0 Å². The zero-order valence-corrected chi connectivity index (χ0v) is 10.5. The van der Waals surface area contributed by atoms with Crippen LogP contribution in [0, 0.1) is 22.7 Å². The molecule has 2 heterocycles. The summed E-state index contributed by atoms with van der Waals surface area (Å²) in [5.74, 6) is 0. The van der Waals surface area contributed by atoms with Crippen LogP contribution in [-0.2, 0) is 6.18 Å². The molecule has 106 valence electrons. The fourth-order valence-electron chi connectivity index (χ4n) is 1.84. The molecule has 0 unspecified atom stereocenters. The largest absolute Gasteiger partial charge is 0.416 e. The Morgan fingerprint density at radius 3 is 1.86 bits per heavy atom. The Morgan fingerprint density at radius 1 is 0.818 bits per heavy atom. The topological polar surface area (TPSA) is 99.1 Å². The predicted molar refractivity (Wildman–Crippen MR) is 67.1 cm³/mol. The van der Waals surface area contributed by atoms with Gasteiger partial charge in [0.05, 0.1) is 16.6 Å². The van der Waals surface area contributed by atoms with E-state index in [1.165, 1.54) is 0 Å². The first kappa shape index (κ1) is 13.6. The SMILES string of the molecule is N#Cc1nc2nc3ccc(C(F)(F)F)cc3nc2nc1C#N. The molecule has 6 nitrogen and oxygen atoms in total. The number of nitrogens with zero attached hydrogens (tertiary/aromatic N) is 6. The van der Waals surface area contributed by atoms with Crippen molar-refractivity contribution in [3.05, 3.63) is 35.2 Å². The van der Waals surface area contributed by atoms with E-state index in [0.717, 1.165) is 18.2 Å². The van der Waals surface area contributed by atoms with Gasteiger partial charge in [0, 0.05) is 0 Å². The molecule has 3 aromatic rings. The summed E-state index contributed by atoms with van der Waals surface area (Å²) in [4.78, 5) is 15.6. The molecule has 0 saturated heterocycles. The molecule has 0 spiro atoms. The van der Waals surface area contributed by atoms with Gasteiger partial charge < -0.3 is 0 Å². The molecule has 0 aliphatic rings. The van der Waals surface area contributed by atoms with Crippen molar-refractivity contribution in [3.8, 4) is 12.1 Å². The van der Waals surface area contributed by atoms with Gasteiger partial charge in [0.15, 0.2) is 22.7 Å². The number of benzene rings is 1. The van der Waals surface area contributed by atoms with Crippen molar-refractivity contribution in [3.63, 3.8) is 0 Å². The van der Waals surface area contributed by atoms with Crippen molar-refractivity contribution in [1.82, 2.24) is 19.9 Å². The molecule has 9 heteroatoms. The number of fused-ring (bicyclic) bond motifs is 2. The lowest BCUT2D eigenvalue weighted by atomic mass is 10.2. The average molecular weight is 300 g/mol. The van der Waals surface area contributed by atoms with E-state index in [1.54, 1.807) is 12.1 Å². The maximum absolute atomic E-state index is 12.7. The monoisotopic (exact) mass is 300 g/mol. The number of halogens is 3. The summed E-state index contributed by atoms with van der Waals surface area (Å²) in [6.45, 7) is 0. The fourth-order valence-corrected chi connectivity index (χ4v) is 1.84. The molecular weight excluding hydrogens is 297 g/mol. The van der Waals surface area contributed by atoms with Crippen LogP contribution < -0.4 is 0 Å². The van der Waals surface area contributed by atoms with Crippen LogP contribution in [0.3, 0.4) is 0 Å². The Balaban J connectivity index is 2.32. The van der Waals surface area contributed by atoms with Crippen LogP contribution in [0.2, 0.25) is 0 Å². The van der Waals surface area contributed by atoms with Crippen molar-refractivity contribution in [2.24, 2.45) is 0 Å². The minimum Gasteiger partial charge on any atom is -0.224 e. The highest BCUT2D eigenvalue weighted by Crippen LogP contribution is 2.30. The maximum Gasteiger partial charge on any atom is 0.416 e. The first-order chi connectivity index (χ1) is 10.4. The number of hydrogen-bond donors (Lipinski definition) is 0. The highest BCUT2D eigenvalue weighted by atomic mass is 19.4. The van der Waals surface area contributed by atoms with Crippen LogP contribution in [0.5, 0.6) is 0 Å². The molecule has 0 radical (unpaired) electrons. The normalized spacial score (nSPS) is 11.3. The van der Waals surface area contributed by atoms with Crippen LogP contribution in [0.25, 0.3) is 22.3 Å². The Kier molecular flexibility index (Phi) is 2.85.